The van der Waals surface area contributed by atoms with Crippen LogP contribution in [0.3, 0.4) is 0 Å². The number of aliphatic hydroxyl groups is 1. The van der Waals surface area contributed by atoms with Gasteiger partial charge in [0.05, 0.1) is 17.6 Å². The lowest BCUT2D eigenvalue weighted by atomic mass is 10.1. The van der Waals surface area contributed by atoms with Crippen LogP contribution in [0.1, 0.15) is 23.9 Å². The molecule has 0 radical (unpaired) electrons. The maximum atomic E-state index is 13.4. The Morgan fingerprint density at radius 1 is 1.30 bits per heavy atom. The van der Waals surface area contributed by atoms with E-state index in [0.29, 0.717) is 24.2 Å². The number of halogens is 4. The summed E-state index contributed by atoms with van der Waals surface area (Å²) >= 11 is 5.77. The molecule has 4 atom stereocenters. The van der Waals surface area contributed by atoms with E-state index in [0.717, 1.165) is 0 Å². The summed E-state index contributed by atoms with van der Waals surface area (Å²) in [6.45, 7) is -0.305. The van der Waals surface area contributed by atoms with Crippen LogP contribution in [0, 0.1) is 5.82 Å². The molecule has 10 heteroatoms. The lowest BCUT2D eigenvalue weighted by Crippen LogP contribution is -2.42. The topological polar surface area (TPSA) is 63.3 Å². The lowest BCUT2D eigenvalue weighted by Gasteiger charge is -2.27. The number of aromatic nitrogens is 3. The number of likely N-dealkylation sites (tertiary alicyclic amines) is 1. The first kappa shape index (κ1) is 18.5. The van der Waals surface area contributed by atoms with Gasteiger partial charge in [-0.1, -0.05) is 17.7 Å². The second-order valence-corrected chi connectivity index (χ2v) is 7.39. The molecule has 1 N–H and O–H groups in total. The third-order valence-corrected chi connectivity index (χ3v) is 5.47. The largest absolute Gasteiger partial charge is 0.376 e. The molecule has 2 aromatic rings. The predicted molar refractivity (Wildman–Crippen MR) is 91.7 cm³/mol. The summed E-state index contributed by atoms with van der Waals surface area (Å²) in [5.41, 5.74) is 0.178. The summed E-state index contributed by atoms with van der Waals surface area (Å²) in [5, 5.41) is 14.8. The average Bonchev–Trinajstić information content (AvgIpc) is 3.28. The van der Waals surface area contributed by atoms with Crippen LogP contribution in [-0.4, -0.2) is 56.0 Å². The molecule has 0 saturated carbocycles. The summed E-state index contributed by atoms with van der Waals surface area (Å²) in [4.78, 5) is 14.1. The Bertz CT molecular complexity index is 908. The van der Waals surface area contributed by atoms with Gasteiger partial charge in [-0.15, -0.1) is 0 Å². The number of nitrogens with zero attached hydrogens (tertiary/aromatic N) is 4. The fourth-order valence-corrected chi connectivity index (χ4v) is 3.99. The molecule has 146 valence electrons. The van der Waals surface area contributed by atoms with Gasteiger partial charge in [0.2, 0.25) is 0 Å². The van der Waals surface area contributed by atoms with E-state index in [1.54, 1.807) is 0 Å². The second kappa shape index (κ2) is 6.96. The number of rotatable bonds is 4. The Kier molecular flexibility index (Phi) is 4.77. The highest BCUT2D eigenvalue weighted by molar-refractivity contribution is 6.30. The van der Waals surface area contributed by atoms with Gasteiger partial charge in [0.25, 0.3) is 0 Å². The van der Waals surface area contributed by atoms with Crippen molar-refractivity contribution in [3.05, 3.63) is 50.9 Å². The van der Waals surface area contributed by atoms with E-state index in [2.05, 4.69) is 5.10 Å². The molecule has 0 amide bonds. The summed E-state index contributed by atoms with van der Waals surface area (Å²) in [5.74, 6) is -0.0451. The van der Waals surface area contributed by atoms with Crippen LogP contribution in [0.2, 0.25) is 5.02 Å². The van der Waals surface area contributed by atoms with Crippen LogP contribution in [0.25, 0.3) is 0 Å². The Hall–Kier alpha value is -1.84. The maximum absolute atomic E-state index is 13.4. The molecule has 0 spiro atoms. The Morgan fingerprint density at radius 2 is 2.00 bits per heavy atom. The number of alkyl halides is 2. The Morgan fingerprint density at radius 3 is 2.67 bits per heavy atom. The molecule has 1 saturated heterocycles. The van der Waals surface area contributed by atoms with E-state index in [4.69, 9.17) is 11.6 Å². The quantitative estimate of drug-likeness (QED) is 0.845. The van der Waals surface area contributed by atoms with Crippen LogP contribution in [0.4, 0.5) is 13.2 Å². The van der Waals surface area contributed by atoms with E-state index in [1.807, 2.05) is 0 Å². The highest BCUT2D eigenvalue weighted by Crippen LogP contribution is 2.30. The first-order valence-corrected chi connectivity index (χ1v) is 9.05. The fourth-order valence-electron chi connectivity index (χ4n) is 3.78. The van der Waals surface area contributed by atoms with E-state index < -0.39 is 36.1 Å². The standard InChI is InChI=1S/C17H18ClF3N4O2/c18-10-5-9(1-2-11(10)19)6-24-17(27)25-14(3-4-15(25)22-24)16(26)23-7-12(20)13(21)8-23/h1-2,5,12-14,16,26H,3-4,6-8H2/t12-,13+,14?,16?. The lowest BCUT2D eigenvalue weighted by molar-refractivity contribution is -0.0248. The molecule has 2 aliphatic rings. The Balaban J connectivity index is 1.57. The molecule has 2 aliphatic heterocycles. The van der Waals surface area contributed by atoms with Crippen LogP contribution in [0.15, 0.2) is 23.0 Å². The van der Waals surface area contributed by atoms with Crippen LogP contribution in [0.5, 0.6) is 0 Å². The number of benzene rings is 1. The van der Waals surface area contributed by atoms with Crippen molar-refractivity contribution in [2.75, 3.05) is 13.1 Å². The van der Waals surface area contributed by atoms with Gasteiger partial charge in [0.15, 0.2) is 0 Å². The van der Waals surface area contributed by atoms with Crippen molar-refractivity contribution in [3.8, 4) is 0 Å². The first-order chi connectivity index (χ1) is 12.8. The normalized spacial score (nSPS) is 26.5. The number of hydrogen-bond donors (Lipinski definition) is 1. The molecule has 4 rings (SSSR count). The molecular formula is C17H18ClF3N4O2. The van der Waals surface area contributed by atoms with Crippen molar-refractivity contribution >= 4 is 11.6 Å². The van der Waals surface area contributed by atoms with Gasteiger partial charge < -0.3 is 5.11 Å². The van der Waals surface area contributed by atoms with Crippen LogP contribution in [-0.2, 0) is 13.0 Å². The van der Waals surface area contributed by atoms with Gasteiger partial charge in [-0.05, 0) is 24.1 Å². The molecule has 3 heterocycles. The minimum atomic E-state index is -1.64. The molecular weight excluding hydrogens is 385 g/mol. The highest BCUT2D eigenvalue weighted by Gasteiger charge is 2.41. The minimum Gasteiger partial charge on any atom is -0.376 e. The molecule has 1 aromatic carbocycles. The predicted octanol–water partition coefficient (Wildman–Crippen LogP) is 1.68. The summed E-state index contributed by atoms with van der Waals surface area (Å²) in [6, 6.07) is 3.54. The molecule has 1 aromatic heterocycles. The number of aryl methyl sites for hydroxylation is 1. The van der Waals surface area contributed by atoms with Crippen molar-refractivity contribution in [3.63, 3.8) is 0 Å². The monoisotopic (exact) mass is 402 g/mol. The SMILES string of the molecule is O=c1n(Cc2ccc(F)c(Cl)c2)nc2n1C(C(O)N1C[C@@H](F)[C@@H](F)C1)CC2. The second-order valence-electron chi connectivity index (χ2n) is 6.98. The smallest absolute Gasteiger partial charge is 0.346 e. The van der Waals surface area contributed by atoms with Gasteiger partial charge in [-0.2, -0.15) is 5.10 Å². The summed E-state index contributed by atoms with van der Waals surface area (Å²) in [7, 11) is 0. The number of aliphatic hydroxyl groups excluding tert-OH is 1. The molecule has 27 heavy (non-hydrogen) atoms. The van der Waals surface area contributed by atoms with E-state index in [1.165, 1.54) is 32.3 Å². The van der Waals surface area contributed by atoms with E-state index >= 15 is 0 Å². The zero-order valence-electron chi connectivity index (χ0n) is 14.2. The molecule has 6 nitrogen and oxygen atoms in total. The molecule has 2 unspecified atom stereocenters. The molecule has 1 fully saturated rings. The van der Waals surface area contributed by atoms with Gasteiger partial charge in [-0.25, -0.2) is 22.6 Å². The first-order valence-electron chi connectivity index (χ1n) is 8.67. The van der Waals surface area contributed by atoms with Gasteiger partial charge >= 0.3 is 5.69 Å². The van der Waals surface area contributed by atoms with Crippen molar-refractivity contribution in [1.29, 1.82) is 0 Å². The molecule has 0 aliphatic carbocycles. The van der Waals surface area contributed by atoms with E-state index in [-0.39, 0.29) is 24.7 Å². The Labute approximate surface area is 157 Å². The van der Waals surface area contributed by atoms with Crippen molar-refractivity contribution in [2.24, 2.45) is 0 Å². The van der Waals surface area contributed by atoms with Crippen molar-refractivity contribution < 1.29 is 18.3 Å². The van der Waals surface area contributed by atoms with Gasteiger partial charge in [0.1, 0.15) is 30.2 Å². The average molecular weight is 403 g/mol. The fraction of sp³-hybridized carbons (Fsp3) is 0.529. The third-order valence-electron chi connectivity index (χ3n) is 5.18. The van der Waals surface area contributed by atoms with Crippen molar-refractivity contribution in [2.45, 2.75) is 44.0 Å². The van der Waals surface area contributed by atoms with Crippen LogP contribution < -0.4 is 5.69 Å². The third kappa shape index (κ3) is 3.28. The maximum Gasteiger partial charge on any atom is 0.346 e. The van der Waals surface area contributed by atoms with E-state index in [9.17, 15) is 23.1 Å². The highest BCUT2D eigenvalue weighted by atomic mass is 35.5. The zero-order chi connectivity index (χ0) is 19.3. The van der Waals surface area contributed by atoms with Gasteiger partial charge in [-0.3, -0.25) is 9.47 Å². The minimum absolute atomic E-state index is 0.0452. The zero-order valence-corrected chi connectivity index (χ0v) is 15.0. The summed E-state index contributed by atoms with van der Waals surface area (Å²) in [6.07, 6.45) is -3.50. The van der Waals surface area contributed by atoms with Crippen LogP contribution >= 0.6 is 11.6 Å². The summed E-state index contributed by atoms with van der Waals surface area (Å²) < 4.78 is 42.8. The molecule has 0 bridgehead atoms. The van der Waals surface area contributed by atoms with Gasteiger partial charge in [0, 0.05) is 19.5 Å². The number of hydrogen-bond acceptors (Lipinski definition) is 4. The van der Waals surface area contributed by atoms with Crippen molar-refractivity contribution in [1.82, 2.24) is 19.2 Å². The number of fused-ring (bicyclic) bond motifs is 1.